The van der Waals surface area contributed by atoms with Crippen molar-refractivity contribution in [2.75, 3.05) is 0 Å². The first-order valence-corrected chi connectivity index (χ1v) is 8.24. The highest BCUT2D eigenvalue weighted by molar-refractivity contribution is 5.89. The maximum atomic E-state index is 12.4. The molecule has 0 spiro atoms. The number of nitrogens with one attached hydrogen (secondary N) is 1. The zero-order valence-electron chi connectivity index (χ0n) is 13.6. The van der Waals surface area contributed by atoms with E-state index in [9.17, 15) is 14.7 Å². The molecule has 0 aliphatic heterocycles. The van der Waals surface area contributed by atoms with Crippen molar-refractivity contribution in [3.05, 3.63) is 42.5 Å². The van der Waals surface area contributed by atoms with Crippen molar-refractivity contribution >= 4 is 22.6 Å². The Hall–Kier alpha value is -2.56. The van der Waals surface area contributed by atoms with Gasteiger partial charge in [-0.2, -0.15) is 0 Å². The number of carbonyl (C=O) groups is 2. The molecule has 5 nitrogen and oxygen atoms in total. The van der Waals surface area contributed by atoms with Crippen LogP contribution >= 0.6 is 0 Å². The number of amides is 1. The Morgan fingerprint density at radius 3 is 2.71 bits per heavy atom. The van der Waals surface area contributed by atoms with Crippen molar-refractivity contribution in [3.63, 3.8) is 0 Å². The van der Waals surface area contributed by atoms with Gasteiger partial charge in [0.05, 0.1) is 5.92 Å². The zero-order valence-corrected chi connectivity index (χ0v) is 13.6. The number of aliphatic carboxylic acids is 1. The molecule has 3 atom stereocenters. The summed E-state index contributed by atoms with van der Waals surface area (Å²) >= 11 is 0. The molecule has 2 aromatic rings. The highest BCUT2D eigenvalue weighted by Crippen LogP contribution is 2.27. The normalized spacial score (nSPS) is 21.4. The predicted molar refractivity (Wildman–Crippen MR) is 90.9 cm³/mol. The summed E-state index contributed by atoms with van der Waals surface area (Å²) < 4.78 is 5.84. The van der Waals surface area contributed by atoms with E-state index in [-0.39, 0.29) is 11.9 Å². The molecule has 0 saturated heterocycles. The van der Waals surface area contributed by atoms with Crippen LogP contribution in [0.1, 0.15) is 26.2 Å². The highest BCUT2D eigenvalue weighted by Gasteiger charge is 2.34. The molecule has 0 bridgehead atoms. The average Bonchev–Trinajstić information content (AvgIpc) is 3.03. The van der Waals surface area contributed by atoms with Crippen molar-refractivity contribution < 1.29 is 19.4 Å². The highest BCUT2D eigenvalue weighted by atomic mass is 16.5. The standard InChI is InChI=1S/C19H21NO4/c1-12(18(21)20-16-10-5-9-15(16)19(22)23)24-17-11-4-7-13-6-2-3-8-14(13)17/h2-4,6-8,11-12,15-16H,5,9-10H2,1H3,(H,20,21)(H,22,23)/t12?,15-,16+/m0/s1. The number of ether oxygens (including phenoxy) is 1. The van der Waals surface area contributed by atoms with E-state index in [2.05, 4.69) is 5.32 Å². The van der Waals surface area contributed by atoms with Crippen LogP contribution in [0.15, 0.2) is 42.5 Å². The molecule has 24 heavy (non-hydrogen) atoms. The van der Waals surface area contributed by atoms with Gasteiger partial charge in [-0.25, -0.2) is 0 Å². The molecule has 1 aliphatic carbocycles. The minimum atomic E-state index is -0.847. The fraction of sp³-hybridized carbons (Fsp3) is 0.368. The summed E-state index contributed by atoms with van der Waals surface area (Å²) in [5.41, 5.74) is 0. The van der Waals surface area contributed by atoms with Crippen LogP contribution in [-0.4, -0.2) is 29.1 Å². The molecular formula is C19H21NO4. The second kappa shape index (κ2) is 6.91. The number of carbonyl (C=O) groups excluding carboxylic acids is 1. The van der Waals surface area contributed by atoms with E-state index in [1.54, 1.807) is 6.92 Å². The number of benzene rings is 2. The smallest absolute Gasteiger partial charge is 0.308 e. The van der Waals surface area contributed by atoms with Gasteiger partial charge < -0.3 is 15.2 Å². The Morgan fingerprint density at radius 1 is 1.17 bits per heavy atom. The van der Waals surface area contributed by atoms with E-state index in [1.807, 2.05) is 42.5 Å². The first-order valence-electron chi connectivity index (χ1n) is 8.24. The van der Waals surface area contributed by atoms with Gasteiger partial charge in [0.2, 0.25) is 0 Å². The maximum Gasteiger partial charge on any atom is 0.308 e. The molecule has 5 heteroatoms. The number of rotatable bonds is 5. The summed E-state index contributed by atoms with van der Waals surface area (Å²) in [6, 6.07) is 13.2. The molecule has 1 saturated carbocycles. The summed E-state index contributed by atoms with van der Waals surface area (Å²) in [7, 11) is 0. The van der Waals surface area contributed by atoms with Crippen LogP contribution in [-0.2, 0) is 9.59 Å². The minimum absolute atomic E-state index is 0.277. The molecule has 1 fully saturated rings. The first kappa shape index (κ1) is 16.3. The van der Waals surface area contributed by atoms with Crippen molar-refractivity contribution in [2.24, 2.45) is 5.92 Å². The van der Waals surface area contributed by atoms with E-state index in [4.69, 9.17) is 4.74 Å². The van der Waals surface area contributed by atoms with Crippen molar-refractivity contribution in [1.29, 1.82) is 0 Å². The third-order valence-corrected chi connectivity index (χ3v) is 4.58. The molecule has 126 valence electrons. The van der Waals surface area contributed by atoms with Gasteiger partial charge in [-0.05, 0) is 31.2 Å². The van der Waals surface area contributed by atoms with Crippen molar-refractivity contribution in [1.82, 2.24) is 5.32 Å². The SMILES string of the molecule is CC(Oc1cccc2ccccc12)C(=O)N[C@@H]1CCC[C@@H]1C(=O)O. The molecule has 2 aromatic carbocycles. The van der Waals surface area contributed by atoms with E-state index in [1.165, 1.54) is 0 Å². The zero-order chi connectivity index (χ0) is 17.1. The summed E-state index contributed by atoms with van der Waals surface area (Å²) in [5.74, 6) is -0.975. The van der Waals surface area contributed by atoms with Gasteiger partial charge in [0, 0.05) is 11.4 Å². The van der Waals surface area contributed by atoms with Gasteiger partial charge in [-0.3, -0.25) is 9.59 Å². The molecule has 1 amide bonds. The Balaban J connectivity index is 1.69. The lowest BCUT2D eigenvalue weighted by Gasteiger charge is -2.21. The van der Waals surface area contributed by atoms with Gasteiger partial charge >= 0.3 is 5.97 Å². The molecule has 0 aromatic heterocycles. The Labute approximate surface area is 140 Å². The summed E-state index contributed by atoms with van der Waals surface area (Å²) in [6.07, 6.45) is 1.44. The van der Waals surface area contributed by atoms with Gasteiger partial charge in [0.1, 0.15) is 5.75 Å². The summed E-state index contributed by atoms with van der Waals surface area (Å²) in [6.45, 7) is 1.68. The fourth-order valence-electron chi connectivity index (χ4n) is 3.27. The van der Waals surface area contributed by atoms with Crippen molar-refractivity contribution in [3.8, 4) is 5.75 Å². The topological polar surface area (TPSA) is 75.6 Å². The summed E-state index contributed by atoms with van der Waals surface area (Å²) in [4.78, 5) is 23.6. The molecule has 2 N–H and O–H groups in total. The largest absolute Gasteiger partial charge is 0.481 e. The maximum absolute atomic E-state index is 12.4. The molecular weight excluding hydrogens is 306 g/mol. The average molecular weight is 327 g/mol. The monoisotopic (exact) mass is 327 g/mol. The fourth-order valence-corrected chi connectivity index (χ4v) is 3.27. The van der Waals surface area contributed by atoms with Gasteiger partial charge in [-0.1, -0.05) is 42.8 Å². The molecule has 0 radical (unpaired) electrons. The molecule has 1 unspecified atom stereocenters. The number of carboxylic acids is 1. The van der Waals surface area contributed by atoms with Crippen LogP contribution in [0.5, 0.6) is 5.75 Å². The van der Waals surface area contributed by atoms with E-state index < -0.39 is 18.0 Å². The molecule has 3 rings (SSSR count). The molecule has 0 heterocycles. The second-order valence-corrected chi connectivity index (χ2v) is 6.23. The molecule has 1 aliphatic rings. The Kier molecular flexibility index (Phi) is 4.69. The van der Waals surface area contributed by atoms with Crippen LogP contribution in [0.2, 0.25) is 0 Å². The number of hydrogen-bond acceptors (Lipinski definition) is 3. The van der Waals surface area contributed by atoms with Crippen LogP contribution in [0.4, 0.5) is 0 Å². The minimum Gasteiger partial charge on any atom is -0.481 e. The first-order chi connectivity index (χ1) is 11.6. The van der Waals surface area contributed by atoms with Crippen LogP contribution in [0.25, 0.3) is 10.8 Å². The van der Waals surface area contributed by atoms with Crippen LogP contribution in [0.3, 0.4) is 0 Å². The van der Waals surface area contributed by atoms with Crippen LogP contribution < -0.4 is 10.1 Å². The van der Waals surface area contributed by atoms with Gasteiger partial charge in [0.25, 0.3) is 5.91 Å². The number of hydrogen-bond donors (Lipinski definition) is 2. The summed E-state index contributed by atoms with van der Waals surface area (Å²) in [5, 5.41) is 14.0. The van der Waals surface area contributed by atoms with Gasteiger partial charge in [0.15, 0.2) is 6.10 Å². The van der Waals surface area contributed by atoms with Crippen molar-refractivity contribution in [2.45, 2.75) is 38.3 Å². The van der Waals surface area contributed by atoms with Gasteiger partial charge in [-0.15, -0.1) is 0 Å². The van der Waals surface area contributed by atoms with E-state index in [0.717, 1.165) is 17.2 Å². The lowest BCUT2D eigenvalue weighted by Crippen LogP contribution is -2.45. The third-order valence-electron chi connectivity index (χ3n) is 4.58. The Bertz CT molecular complexity index is 753. The Morgan fingerprint density at radius 2 is 1.92 bits per heavy atom. The lowest BCUT2D eigenvalue weighted by molar-refractivity contribution is -0.142. The number of carboxylic acid groups (broad SMARTS) is 1. The van der Waals surface area contributed by atoms with Crippen LogP contribution in [0, 0.1) is 5.92 Å². The van der Waals surface area contributed by atoms with E-state index >= 15 is 0 Å². The quantitative estimate of drug-likeness (QED) is 0.885. The lowest BCUT2D eigenvalue weighted by atomic mass is 10.0. The third kappa shape index (κ3) is 3.35. The number of fused-ring (bicyclic) bond motifs is 1. The predicted octanol–water partition coefficient (Wildman–Crippen LogP) is 2.98. The second-order valence-electron chi connectivity index (χ2n) is 6.23. The van der Waals surface area contributed by atoms with E-state index in [0.29, 0.717) is 18.6 Å².